The van der Waals surface area contributed by atoms with Crippen LogP contribution in [0.25, 0.3) is 10.8 Å². The van der Waals surface area contributed by atoms with Gasteiger partial charge in [0.15, 0.2) is 0 Å². The smallest absolute Gasteiger partial charge is 0.297 e. The van der Waals surface area contributed by atoms with Crippen LogP contribution < -0.4 is 9.80 Å². The Kier molecular flexibility index (Phi) is 3.79. The van der Waals surface area contributed by atoms with Crippen molar-refractivity contribution in [2.45, 2.75) is 0 Å². The molecule has 110 valence electrons. The summed E-state index contributed by atoms with van der Waals surface area (Å²) in [5.74, 6) is 0. The average molecular weight is 290 g/mol. The van der Waals surface area contributed by atoms with Crippen LogP contribution in [0.2, 0.25) is 0 Å². The molecular formula is C19H18N2O. The van der Waals surface area contributed by atoms with Crippen LogP contribution in [-0.4, -0.2) is 20.1 Å². The van der Waals surface area contributed by atoms with E-state index in [1.54, 1.807) is 16.8 Å². The van der Waals surface area contributed by atoms with Gasteiger partial charge in [0.25, 0.3) is 0 Å². The first-order valence-corrected chi connectivity index (χ1v) is 7.23. The van der Waals surface area contributed by atoms with E-state index in [0.717, 1.165) is 22.1 Å². The molecule has 2 amide bonds. The lowest BCUT2D eigenvalue weighted by molar-refractivity contribution is 0.253. The van der Waals surface area contributed by atoms with Gasteiger partial charge in [0.05, 0.1) is 5.69 Å². The first-order chi connectivity index (χ1) is 10.7. The van der Waals surface area contributed by atoms with E-state index >= 15 is 0 Å². The highest BCUT2D eigenvalue weighted by atomic mass is 16.2. The van der Waals surface area contributed by atoms with E-state index < -0.39 is 0 Å². The number of fused-ring (bicyclic) bond motifs is 1. The van der Waals surface area contributed by atoms with Gasteiger partial charge in [-0.05, 0) is 23.6 Å². The number of hydrogen-bond acceptors (Lipinski definition) is 1. The summed E-state index contributed by atoms with van der Waals surface area (Å²) >= 11 is 0. The van der Waals surface area contributed by atoms with Gasteiger partial charge in [-0.1, -0.05) is 54.6 Å². The molecule has 3 aromatic carbocycles. The molecule has 3 heteroatoms. The number of carbonyl (C=O) groups is 1. The van der Waals surface area contributed by atoms with Crippen molar-refractivity contribution in [1.29, 1.82) is 0 Å². The van der Waals surface area contributed by atoms with Gasteiger partial charge in [0.2, 0.25) is 0 Å². The molecule has 0 heterocycles. The number of anilines is 2. The Morgan fingerprint density at radius 1 is 0.727 bits per heavy atom. The summed E-state index contributed by atoms with van der Waals surface area (Å²) in [5.41, 5.74) is 1.78. The highest BCUT2D eigenvalue weighted by Gasteiger charge is 2.18. The number of rotatable bonds is 2. The number of carbonyl (C=O) groups excluding carboxylic acids is 1. The topological polar surface area (TPSA) is 23.6 Å². The third kappa shape index (κ3) is 2.53. The third-order valence-electron chi connectivity index (χ3n) is 3.85. The van der Waals surface area contributed by atoms with Crippen LogP contribution in [-0.2, 0) is 0 Å². The summed E-state index contributed by atoms with van der Waals surface area (Å²) in [6.45, 7) is 0. The molecular weight excluding hydrogens is 272 g/mol. The molecule has 0 saturated carbocycles. The van der Waals surface area contributed by atoms with Gasteiger partial charge in [-0.15, -0.1) is 0 Å². The number of urea groups is 1. The molecule has 3 rings (SSSR count). The molecule has 0 aliphatic heterocycles. The SMILES string of the molecule is CN(C(=O)N(C)c1cccc2ccccc12)c1ccccc1. The molecule has 0 aliphatic rings. The van der Waals surface area contributed by atoms with Crippen LogP contribution >= 0.6 is 0 Å². The van der Waals surface area contributed by atoms with E-state index in [-0.39, 0.29) is 6.03 Å². The van der Waals surface area contributed by atoms with Crippen molar-refractivity contribution in [3.63, 3.8) is 0 Å². The zero-order valence-corrected chi connectivity index (χ0v) is 12.7. The molecule has 0 aliphatic carbocycles. The molecule has 0 radical (unpaired) electrons. The molecule has 0 spiro atoms. The van der Waals surface area contributed by atoms with Crippen LogP contribution in [0.5, 0.6) is 0 Å². The Balaban J connectivity index is 1.95. The maximum Gasteiger partial charge on any atom is 0.328 e. The largest absolute Gasteiger partial charge is 0.328 e. The second kappa shape index (κ2) is 5.90. The van der Waals surface area contributed by atoms with Gasteiger partial charge >= 0.3 is 6.03 Å². The monoisotopic (exact) mass is 290 g/mol. The number of benzene rings is 3. The van der Waals surface area contributed by atoms with E-state index in [1.807, 2.05) is 67.7 Å². The lowest BCUT2D eigenvalue weighted by Gasteiger charge is -2.26. The minimum absolute atomic E-state index is 0.0671. The van der Waals surface area contributed by atoms with E-state index in [1.165, 1.54) is 0 Å². The van der Waals surface area contributed by atoms with Crippen molar-refractivity contribution in [2.24, 2.45) is 0 Å². The van der Waals surface area contributed by atoms with Crippen LogP contribution in [0.15, 0.2) is 72.8 Å². The molecule has 0 bridgehead atoms. The van der Waals surface area contributed by atoms with E-state index in [9.17, 15) is 4.79 Å². The fraction of sp³-hybridized carbons (Fsp3) is 0.105. The summed E-state index contributed by atoms with van der Waals surface area (Å²) in [4.78, 5) is 16.1. The van der Waals surface area contributed by atoms with Gasteiger partial charge in [0, 0.05) is 25.2 Å². The van der Waals surface area contributed by atoms with Gasteiger partial charge in [-0.3, -0.25) is 9.80 Å². The average Bonchev–Trinajstić information content (AvgIpc) is 2.60. The standard InChI is InChI=1S/C19H18N2O/c1-20(16-11-4-3-5-12-16)19(22)21(2)18-14-8-10-15-9-6-7-13-17(15)18/h3-14H,1-2H3. The van der Waals surface area contributed by atoms with Gasteiger partial charge in [-0.2, -0.15) is 0 Å². The zero-order chi connectivity index (χ0) is 15.5. The molecule has 0 unspecified atom stereocenters. The highest BCUT2D eigenvalue weighted by Crippen LogP contribution is 2.27. The molecule has 3 nitrogen and oxygen atoms in total. The number of nitrogens with zero attached hydrogens (tertiary/aromatic N) is 2. The Morgan fingerprint density at radius 3 is 2.14 bits per heavy atom. The van der Waals surface area contributed by atoms with Crippen molar-refractivity contribution in [1.82, 2.24) is 0 Å². The van der Waals surface area contributed by atoms with E-state index in [0.29, 0.717) is 0 Å². The summed E-state index contributed by atoms with van der Waals surface area (Å²) in [7, 11) is 3.60. The lowest BCUT2D eigenvalue weighted by Crippen LogP contribution is -2.39. The quantitative estimate of drug-likeness (QED) is 0.680. The molecule has 3 aromatic rings. The molecule has 0 N–H and O–H groups in total. The zero-order valence-electron chi connectivity index (χ0n) is 12.7. The van der Waals surface area contributed by atoms with Crippen molar-refractivity contribution >= 4 is 28.2 Å². The number of hydrogen-bond donors (Lipinski definition) is 0. The van der Waals surface area contributed by atoms with E-state index in [2.05, 4.69) is 12.1 Å². The Bertz CT molecular complexity index is 793. The maximum atomic E-state index is 12.7. The summed E-state index contributed by atoms with van der Waals surface area (Å²) in [6, 6.07) is 23.7. The van der Waals surface area contributed by atoms with Crippen LogP contribution in [0.4, 0.5) is 16.2 Å². The lowest BCUT2D eigenvalue weighted by atomic mass is 10.1. The second-order valence-electron chi connectivity index (χ2n) is 5.23. The Morgan fingerprint density at radius 2 is 1.36 bits per heavy atom. The van der Waals surface area contributed by atoms with Crippen LogP contribution in [0, 0.1) is 0 Å². The summed E-state index contributed by atoms with van der Waals surface area (Å²) in [6.07, 6.45) is 0. The first-order valence-electron chi connectivity index (χ1n) is 7.23. The third-order valence-corrected chi connectivity index (χ3v) is 3.85. The van der Waals surface area contributed by atoms with Gasteiger partial charge in [-0.25, -0.2) is 4.79 Å². The Labute approximate surface area is 130 Å². The molecule has 0 aromatic heterocycles. The van der Waals surface area contributed by atoms with Crippen molar-refractivity contribution in [3.8, 4) is 0 Å². The number of amides is 2. The van der Waals surface area contributed by atoms with Crippen molar-refractivity contribution in [3.05, 3.63) is 72.8 Å². The van der Waals surface area contributed by atoms with Crippen LogP contribution in [0.3, 0.4) is 0 Å². The molecule has 0 saturated heterocycles. The Hall–Kier alpha value is -2.81. The maximum absolute atomic E-state index is 12.7. The van der Waals surface area contributed by atoms with Crippen LogP contribution in [0.1, 0.15) is 0 Å². The van der Waals surface area contributed by atoms with E-state index in [4.69, 9.17) is 0 Å². The van der Waals surface area contributed by atoms with Gasteiger partial charge < -0.3 is 0 Å². The molecule has 0 atom stereocenters. The predicted octanol–water partition coefficient (Wildman–Crippen LogP) is 4.53. The fourth-order valence-corrected chi connectivity index (χ4v) is 2.59. The molecule has 22 heavy (non-hydrogen) atoms. The highest BCUT2D eigenvalue weighted by molar-refractivity contribution is 6.08. The summed E-state index contributed by atoms with van der Waals surface area (Å²) < 4.78 is 0. The van der Waals surface area contributed by atoms with Crippen molar-refractivity contribution < 1.29 is 4.79 Å². The molecule has 0 fully saturated rings. The first kappa shape index (κ1) is 14.1. The normalized spacial score (nSPS) is 10.5. The minimum Gasteiger partial charge on any atom is -0.297 e. The van der Waals surface area contributed by atoms with Crippen molar-refractivity contribution in [2.75, 3.05) is 23.9 Å². The predicted molar refractivity (Wildman–Crippen MR) is 92.6 cm³/mol. The fourth-order valence-electron chi connectivity index (χ4n) is 2.59. The second-order valence-corrected chi connectivity index (χ2v) is 5.23. The number of para-hydroxylation sites is 1. The minimum atomic E-state index is -0.0671. The van der Waals surface area contributed by atoms with Gasteiger partial charge in [0.1, 0.15) is 0 Å². The summed E-state index contributed by atoms with van der Waals surface area (Å²) in [5, 5.41) is 2.20.